The van der Waals surface area contributed by atoms with E-state index in [0.717, 1.165) is 11.8 Å². The van der Waals surface area contributed by atoms with Crippen LogP contribution in [0.1, 0.15) is 21.5 Å². The Morgan fingerprint density at radius 3 is 2.61 bits per heavy atom. The van der Waals surface area contributed by atoms with Gasteiger partial charge in [0.15, 0.2) is 0 Å². The first-order valence-electron chi connectivity index (χ1n) is 7.00. The van der Waals surface area contributed by atoms with Crippen LogP contribution in [0, 0.1) is 6.92 Å². The summed E-state index contributed by atoms with van der Waals surface area (Å²) in [4.78, 5) is 16.2. The van der Waals surface area contributed by atoms with Gasteiger partial charge in [-0.2, -0.15) is 0 Å². The van der Waals surface area contributed by atoms with Crippen molar-refractivity contribution in [3.63, 3.8) is 0 Å². The van der Waals surface area contributed by atoms with Crippen molar-refractivity contribution >= 4 is 21.6 Å². The van der Waals surface area contributed by atoms with Gasteiger partial charge in [-0.05, 0) is 42.3 Å². The van der Waals surface area contributed by atoms with E-state index < -0.39 is 10.0 Å². The van der Waals surface area contributed by atoms with E-state index >= 15 is 0 Å². The molecule has 1 aromatic carbocycles. The smallest absolute Gasteiger partial charge is 0.251 e. The van der Waals surface area contributed by atoms with Crippen LogP contribution in [0.15, 0.2) is 42.7 Å². The van der Waals surface area contributed by atoms with Crippen molar-refractivity contribution in [1.29, 1.82) is 0 Å². The average molecular weight is 333 g/mol. The number of nitrogens with zero attached hydrogens (tertiary/aromatic N) is 2. The molecule has 0 aliphatic carbocycles. The highest BCUT2D eigenvalue weighted by Gasteiger charge is 2.15. The van der Waals surface area contributed by atoms with E-state index in [1.54, 1.807) is 43.6 Å². The number of hydrogen-bond donors (Lipinski definition) is 1. The molecule has 7 heteroatoms. The molecule has 1 heterocycles. The van der Waals surface area contributed by atoms with Crippen molar-refractivity contribution < 1.29 is 13.2 Å². The standard InChI is InChI=1S/C16H19N3O3S/c1-12-9-14(6-7-15(12)19(2)23(3,21)22)16(20)18-11-13-5-4-8-17-10-13/h4-10H,11H2,1-3H3,(H,18,20). The Balaban J connectivity index is 2.12. The molecule has 0 bridgehead atoms. The summed E-state index contributed by atoms with van der Waals surface area (Å²) in [6.07, 6.45) is 4.50. The number of hydrogen-bond acceptors (Lipinski definition) is 4. The predicted molar refractivity (Wildman–Crippen MR) is 89.8 cm³/mol. The number of nitrogens with one attached hydrogen (secondary N) is 1. The fraction of sp³-hybridized carbons (Fsp3) is 0.250. The van der Waals surface area contributed by atoms with Crippen molar-refractivity contribution in [2.75, 3.05) is 17.6 Å². The summed E-state index contributed by atoms with van der Waals surface area (Å²) >= 11 is 0. The Hall–Kier alpha value is -2.41. The number of carbonyl (C=O) groups excluding carboxylic acids is 1. The van der Waals surface area contributed by atoms with E-state index in [-0.39, 0.29) is 5.91 Å². The van der Waals surface area contributed by atoms with Crippen LogP contribution in [0.2, 0.25) is 0 Å². The number of aromatic nitrogens is 1. The molecule has 1 aromatic heterocycles. The molecule has 1 amide bonds. The minimum absolute atomic E-state index is 0.217. The molecule has 0 radical (unpaired) electrons. The van der Waals surface area contributed by atoms with E-state index in [4.69, 9.17) is 0 Å². The second kappa shape index (κ2) is 6.78. The maximum absolute atomic E-state index is 12.2. The zero-order chi connectivity index (χ0) is 17.0. The lowest BCUT2D eigenvalue weighted by Crippen LogP contribution is -2.26. The third-order valence-corrected chi connectivity index (χ3v) is 4.66. The van der Waals surface area contributed by atoms with Crippen LogP contribution in [-0.4, -0.2) is 32.6 Å². The SMILES string of the molecule is Cc1cc(C(=O)NCc2cccnc2)ccc1N(C)S(C)(=O)=O. The molecular formula is C16H19N3O3S. The van der Waals surface area contributed by atoms with Gasteiger partial charge in [0.25, 0.3) is 5.91 Å². The highest BCUT2D eigenvalue weighted by molar-refractivity contribution is 7.92. The third-order valence-electron chi connectivity index (χ3n) is 3.47. The number of amides is 1. The lowest BCUT2D eigenvalue weighted by atomic mass is 10.1. The number of benzene rings is 1. The number of rotatable bonds is 5. The number of pyridine rings is 1. The molecule has 122 valence electrons. The Labute approximate surface area is 136 Å². The van der Waals surface area contributed by atoms with Gasteiger partial charge in [-0.1, -0.05) is 6.07 Å². The topological polar surface area (TPSA) is 79.4 Å². The summed E-state index contributed by atoms with van der Waals surface area (Å²) < 4.78 is 24.4. The van der Waals surface area contributed by atoms with Gasteiger partial charge in [-0.15, -0.1) is 0 Å². The zero-order valence-corrected chi connectivity index (χ0v) is 14.1. The van der Waals surface area contributed by atoms with E-state index in [2.05, 4.69) is 10.3 Å². The lowest BCUT2D eigenvalue weighted by molar-refractivity contribution is 0.0951. The summed E-state index contributed by atoms with van der Waals surface area (Å²) in [5.74, 6) is -0.217. The Morgan fingerprint density at radius 2 is 2.04 bits per heavy atom. The lowest BCUT2D eigenvalue weighted by Gasteiger charge is -2.19. The summed E-state index contributed by atoms with van der Waals surface area (Å²) in [6, 6.07) is 8.61. The second-order valence-electron chi connectivity index (χ2n) is 5.28. The fourth-order valence-electron chi connectivity index (χ4n) is 2.12. The van der Waals surface area contributed by atoms with Crippen LogP contribution in [0.5, 0.6) is 0 Å². The van der Waals surface area contributed by atoms with Crippen molar-refractivity contribution in [2.24, 2.45) is 0 Å². The van der Waals surface area contributed by atoms with Gasteiger partial charge in [0.05, 0.1) is 11.9 Å². The van der Waals surface area contributed by atoms with Crippen LogP contribution in [-0.2, 0) is 16.6 Å². The average Bonchev–Trinajstić information content (AvgIpc) is 2.52. The van der Waals surface area contributed by atoms with Crippen LogP contribution in [0.25, 0.3) is 0 Å². The predicted octanol–water partition coefficient (Wildman–Crippen LogP) is 1.72. The molecule has 0 spiro atoms. The molecule has 0 saturated heterocycles. The minimum atomic E-state index is -3.33. The van der Waals surface area contributed by atoms with Crippen molar-refractivity contribution in [2.45, 2.75) is 13.5 Å². The van der Waals surface area contributed by atoms with Gasteiger partial charge in [-0.25, -0.2) is 8.42 Å². The summed E-state index contributed by atoms with van der Waals surface area (Å²) in [5.41, 5.74) is 2.66. The number of aryl methyl sites for hydroxylation is 1. The molecule has 23 heavy (non-hydrogen) atoms. The van der Waals surface area contributed by atoms with Crippen molar-refractivity contribution in [3.8, 4) is 0 Å². The Kier molecular flexibility index (Phi) is 5.00. The van der Waals surface area contributed by atoms with E-state index in [1.165, 1.54) is 11.4 Å². The molecule has 0 unspecified atom stereocenters. The summed E-state index contributed by atoms with van der Waals surface area (Å²) in [5, 5.41) is 2.81. The van der Waals surface area contributed by atoms with Crippen LogP contribution in [0.3, 0.4) is 0 Å². The van der Waals surface area contributed by atoms with Gasteiger partial charge in [-0.3, -0.25) is 14.1 Å². The largest absolute Gasteiger partial charge is 0.348 e. The Bertz CT molecular complexity index is 805. The first kappa shape index (κ1) is 17.0. The van der Waals surface area contributed by atoms with Gasteiger partial charge in [0, 0.05) is 31.5 Å². The van der Waals surface area contributed by atoms with E-state index in [0.29, 0.717) is 23.4 Å². The minimum Gasteiger partial charge on any atom is -0.348 e. The molecule has 2 aromatic rings. The monoisotopic (exact) mass is 333 g/mol. The van der Waals surface area contributed by atoms with E-state index in [9.17, 15) is 13.2 Å². The van der Waals surface area contributed by atoms with Crippen molar-refractivity contribution in [1.82, 2.24) is 10.3 Å². The summed E-state index contributed by atoms with van der Waals surface area (Å²) in [7, 11) is -1.85. The molecule has 1 N–H and O–H groups in total. The van der Waals surface area contributed by atoms with Crippen LogP contribution < -0.4 is 9.62 Å². The summed E-state index contributed by atoms with van der Waals surface area (Å²) in [6.45, 7) is 2.16. The first-order valence-corrected chi connectivity index (χ1v) is 8.85. The van der Waals surface area contributed by atoms with Crippen LogP contribution >= 0.6 is 0 Å². The molecule has 0 fully saturated rings. The van der Waals surface area contributed by atoms with Gasteiger partial charge in [0.1, 0.15) is 0 Å². The maximum atomic E-state index is 12.2. The van der Waals surface area contributed by atoms with E-state index in [1.807, 2.05) is 6.07 Å². The molecule has 0 saturated carbocycles. The molecular weight excluding hydrogens is 314 g/mol. The second-order valence-corrected chi connectivity index (χ2v) is 7.29. The molecule has 0 atom stereocenters. The quantitative estimate of drug-likeness (QED) is 0.903. The maximum Gasteiger partial charge on any atom is 0.251 e. The Morgan fingerprint density at radius 1 is 1.30 bits per heavy atom. The van der Waals surface area contributed by atoms with Gasteiger partial charge in [0.2, 0.25) is 10.0 Å². The molecule has 2 rings (SSSR count). The zero-order valence-electron chi connectivity index (χ0n) is 13.3. The number of anilines is 1. The van der Waals surface area contributed by atoms with Gasteiger partial charge < -0.3 is 5.32 Å². The van der Waals surface area contributed by atoms with Crippen molar-refractivity contribution in [3.05, 3.63) is 59.4 Å². The highest BCUT2D eigenvalue weighted by atomic mass is 32.2. The third kappa shape index (κ3) is 4.29. The molecule has 0 aliphatic heterocycles. The normalized spacial score (nSPS) is 11.1. The highest BCUT2D eigenvalue weighted by Crippen LogP contribution is 2.22. The first-order chi connectivity index (χ1) is 10.8. The fourth-order valence-corrected chi connectivity index (χ4v) is 2.68. The van der Waals surface area contributed by atoms with Crippen LogP contribution in [0.4, 0.5) is 5.69 Å². The molecule has 6 nitrogen and oxygen atoms in total. The van der Waals surface area contributed by atoms with Gasteiger partial charge >= 0.3 is 0 Å². The number of sulfonamides is 1. The molecule has 0 aliphatic rings. The number of carbonyl (C=O) groups is 1.